The van der Waals surface area contributed by atoms with E-state index in [1.807, 2.05) is 4.90 Å². The van der Waals surface area contributed by atoms with Crippen LogP contribution in [0.15, 0.2) is 73.6 Å². The second-order valence-corrected chi connectivity index (χ2v) is 16.3. The Morgan fingerprint density at radius 1 is 0.754 bits per heavy atom. The first kappa shape index (κ1) is 44.9. The summed E-state index contributed by atoms with van der Waals surface area (Å²) >= 11 is 12.2. The van der Waals surface area contributed by atoms with Gasteiger partial charge >= 0.3 is 6.09 Å². The Morgan fingerprint density at radius 3 is 1.83 bits per heavy atom. The van der Waals surface area contributed by atoms with Crippen molar-refractivity contribution >= 4 is 68.9 Å². The molecule has 2 aliphatic rings. The lowest BCUT2D eigenvalue weighted by atomic mass is 10.0. The highest BCUT2D eigenvalue weighted by Gasteiger charge is 2.30. The molecule has 20 heteroatoms. The molecule has 0 radical (unpaired) electrons. The number of nitrogens with one attached hydrogen (secondary N) is 4. The molecule has 4 N–H and O–H groups in total. The topological polar surface area (TPSA) is 192 Å². The molecule has 65 heavy (non-hydrogen) atoms. The monoisotopic (exact) mass is 926 g/mol. The van der Waals surface area contributed by atoms with E-state index >= 15 is 0 Å². The molecule has 0 bridgehead atoms. The van der Waals surface area contributed by atoms with E-state index in [9.17, 15) is 18.4 Å². The van der Waals surface area contributed by atoms with E-state index in [4.69, 9.17) is 32.7 Å². The quantitative estimate of drug-likeness (QED) is 0.0963. The first-order chi connectivity index (χ1) is 31.6. The molecule has 2 saturated heterocycles. The molecule has 0 spiro atoms. The molecule has 8 heterocycles. The standard InChI is InChI=1S/C25H24ClFN6O2.C20H22ClFN6O2/c1-35-18-7-4-5-15(9-18)25(34)33-8-3-2-6-17(33)12-29-24-21(27)14-31-23(32-24)20-13-30-22-19(20)10-16(26)11-28-22;1-2-30-20(29)28-6-4-3-5-13(28)9-24-19-16(22)11-26-18(27-19)15-10-25-17-14(15)7-12(21)8-23-17/h4-5,7,9-11,13-14,17H,2-3,6,8,12H2,1H3,(H,28,30)(H,29,31,32);7-8,10-11,13H,2-6,9H2,1H3,(H,23,25)(H,24,26,27)/t17-;13-/m10/s1. The molecule has 0 aliphatic carbocycles. The molecule has 2 fully saturated rings. The number of aromatic amines is 2. The number of aromatic nitrogens is 8. The number of likely N-dealkylation sites (tertiary alicyclic amines) is 2. The summed E-state index contributed by atoms with van der Waals surface area (Å²) < 4.78 is 39.4. The average molecular weight is 928 g/mol. The molecule has 0 unspecified atom stereocenters. The predicted octanol–water partition coefficient (Wildman–Crippen LogP) is 9.16. The number of benzene rings is 1. The van der Waals surface area contributed by atoms with Crippen molar-refractivity contribution in [3.8, 4) is 28.5 Å². The highest BCUT2D eigenvalue weighted by molar-refractivity contribution is 6.31. The van der Waals surface area contributed by atoms with Gasteiger partial charge in [0.15, 0.2) is 34.9 Å². The van der Waals surface area contributed by atoms with Gasteiger partial charge in [0.1, 0.15) is 17.0 Å². The van der Waals surface area contributed by atoms with Crippen LogP contribution in [0.25, 0.3) is 44.8 Å². The summed E-state index contributed by atoms with van der Waals surface area (Å²) in [5.74, 6) is 0.295. The first-order valence-electron chi connectivity index (χ1n) is 21.3. The number of hydrogen-bond donors (Lipinski definition) is 4. The van der Waals surface area contributed by atoms with Crippen molar-refractivity contribution in [2.24, 2.45) is 0 Å². The number of fused-ring (bicyclic) bond motifs is 2. The summed E-state index contributed by atoms with van der Waals surface area (Å²) in [6.07, 6.45) is 13.9. The van der Waals surface area contributed by atoms with Crippen LogP contribution in [0, 0.1) is 11.6 Å². The average Bonchev–Trinajstić information content (AvgIpc) is 3.95. The number of methoxy groups -OCH3 is 1. The summed E-state index contributed by atoms with van der Waals surface area (Å²) in [7, 11) is 1.57. The van der Waals surface area contributed by atoms with Gasteiger partial charge in [-0.05, 0) is 75.8 Å². The van der Waals surface area contributed by atoms with E-state index in [-0.39, 0.29) is 35.7 Å². The van der Waals surface area contributed by atoms with Gasteiger partial charge in [-0.25, -0.2) is 43.5 Å². The van der Waals surface area contributed by atoms with E-state index in [2.05, 4.69) is 50.5 Å². The minimum atomic E-state index is -0.564. The third-order valence-electron chi connectivity index (χ3n) is 11.3. The van der Waals surface area contributed by atoms with Crippen molar-refractivity contribution in [2.75, 3.05) is 50.5 Å². The SMILES string of the molecule is CCOC(=O)N1CCCC[C@H]1CNc1nc(-c2c[nH]c3ncc(Cl)cc23)ncc1F.COc1cccc(C(=O)N2CCCC[C@@H]2CNc2nc(-c3c[nH]c4ncc(Cl)cc34)ncc2F)c1. The Hall–Kier alpha value is -6.66. The summed E-state index contributed by atoms with van der Waals surface area (Å²) in [4.78, 5) is 60.6. The number of piperidine rings is 2. The Bertz CT molecular complexity index is 2810. The number of anilines is 2. The molecule has 338 valence electrons. The van der Waals surface area contributed by atoms with E-state index in [0.717, 1.165) is 61.7 Å². The summed E-state index contributed by atoms with van der Waals surface area (Å²) in [6.45, 7) is 4.11. The number of amides is 2. The van der Waals surface area contributed by atoms with Crippen LogP contribution in [-0.4, -0.2) is 114 Å². The second-order valence-electron chi connectivity index (χ2n) is 15.5. The van der Waals surface area contributed by atoms with Crippen molar-refractivity contribution in [1.29, 1.82) is 0 Å². The number of H-pyrrole nitrogens is 2. The largest absolute Gasteiger partial charge is 0.497 e. The molecular weight excluding hydrogens is 881 g/mol. The molecule has 16 nitrogen and oxygen atoms in total. The zero-order valence-electron chi connectivity index (χ0n) is 35.6. The van der Waals surface area contributed by atoms with Crippen molar-refractivity contribution in [3.63, 3.8) is 0 Å². The van der Waals surface area contributed by atoms with Crippen LogP contribution in [0.4, 0.5) is 25.2 Å². The Balaban J connectivity index is 0.000000179. The van der Waals surface area contributed by atoms with Crippen LogP contribution in [-0.2, 0) is 4.74 Å². The highest BCUT2D eigenvalue weighted by atomic mass is 35.5. The van der Waals surface area contributed by atoms with Crippen LogP contribution >= 0.6 is 23.2 Å². The van der Waals surface area contributed by atoms with Gasteiger partial charge in [-0.2, -0.15) is 0 Å². The third-order valence-corrected chi connectivity index (χ3v) is 11.7. The van der Waals surface area contributed by atoms with Gasteiger partial charge in [-0.1, -0.05) is 29.3 Å². The molecule has 6 aromatic heterocycles. The maximum atomic E-state index is 14.6. The van der Waals surface area contributed by atoms with Gasteiger partial charge in [0.05, 0.1) is 42.2 Å². The number of carbonyl (C=O) groups excluding carboxylic acids is 2. The number of ether oxygens (including phenoxy) is 2. The number of rotatable bonds is 11. The normalized spacial score (nSPS) is 16.2. The number of nitrogens with zero attached hydrogens (tertiary/aromatic N) is 8. The molecule has 0 saturated carbocycles. The zero-order chi connectivity index (χ0) is 45.5. The highest BCUT2D eigenvalue weighted by Crippen LogP contribution is 2.31. The van der Waals surface area contributed by atoms with Crippen LogP contribution < -0.4 is 15.4 Å². The fourth-order valence-corrected chi connectivity index (χ4v) is 8.37. The van der Waals surface area contributed by atoms with Crippen LogP contribution in [0.2, 0.25) is 10.0 Å². The zero-order valence-corrected chi connectivity index (χ0v) is 37.1. The van der Waals surface area contributed by atoms with Gasteiger partial charge in [-0.15, -0.1) is 0 Å². The lowest BCUT2D eigenvalue weighted by Crippen LogP contribution is -2.47. The van der Waals surface area contributed by atoms with E-state index in [1.54, 1.807) is 80.1 Å². The van der Waals surface area contributed by atoms with Gasteiger partial charge in [0.2, 0.25) is 0 Å². The van der Waals surface area contributed by atoms with Crippen LogP contribution in [0.1, 0.15) is 55.8 Å². The molecule has 2 aliphatic heterocycles. The summed E-state index contributed by atoms with van der Waals surface area (Å²) in [5, 5.41) is 8.62. The van der Waals surface area contributed by atoms with Crippen molar-refractivity contribution in [2.45, 2.75) is 57.5 Å². The van der Waals surface area contributed by atoms with E-state index in [0.29, 0.717) is 88.2 Å². The van der Waals surface area contributed by atoms with Crippen LogP contribution in [0.3, 0.4) is 0 Å². The number of pyridine rings is 2. The Morgan fingerprint density at radius 2 is 1.29 bits per heavy atom. The molecule has 2 amide bonds. The molecule has 9 rings (SSSR count). The fourth-order valence-electron chi connectivity index (χ4n) is 8.06. The lowest BCUT2D eigenvalue weighted by molar-refractivity contribution is 0.0627. The smallest absolute Gasteiger partial charge is 0.410 e. The van der Waals surface area contributed by atoms with E-state index in [1.165, 1.54) is 0 Å². The Labute approximate surface area is 382 Å². The van der Waals surface area contributed by atoms with Gasteiger partial charge in [-0.3, -0.25) is 4.79 Å². The summed E-state index contributed by atoms with van der Waals surface area (Å²) in [6, 6.07) is 10.5. The maximum absolute atomic E-state index is 14.6. The molecule has 1 aromatic carbocycles. The number of hydrogen-bond acceptors (Lipinski definition) is 12. The first-order valence-corrected chi connectivity index (χ1v) is 22.0. The predicted molar refractivity (Wildman–Crippen MR) is 244 cm³/mol. The van der Waals surface area contributed by atoms with E-state index < -0.39 is 11.6 Å². The van der Waals surface area contributed by atoms with Gasteiger partial charge in [0, 0.05) is 84.5 Å². The maximum Gasteiger partial charge on any atom is 0.410 e. The fraction of sp³-hybridized carbons (Fsp3) is 0.333. The van der Waals surface area contributed by atoms with Crippen LogP contribution in [0.5, 0.6) is 5.75 Å². The van der Waals surface area contributed by atoms with Crippen molar-refractivity contribution in [1.82, 2.24) is 49.7 Å². The molecule has 7 aromatic rings. The van der Waals surface area contributed by atoms with Crippen molar-refractivity contribution < 1.29 is 27.8 Å². The van der Waals surface area contributed by atoms with Gasteiger partial charge in [0.25, 0.3) is 5.91 Å². The molecular formula is C45H46Cl2F2N12O4. The Kier molecular flexibility index (Phi) is 14.1. The van der Waals surface area contributed by atoms with Crippen molar-refractivity contribution in [3.05, 3.63) is 101 Å². The minimum Gasteiger partial charge on any atom is -0.497 e. The lowest BCUT2D eigenvalue weighted by Gasteiger charge is -2.36. The number of halogens is 4. The molecule has 2 atom stereocenters. The van der Waals surface area contributed by atoms with Gasteiger partial charge < -0.3 is 39.9 Å². The number of carbonyl (C=O) groups is 2. The third kappa shape index (κ3) is 10.3. The second kappa shape index (κ2) is 20.5. The minimum absolute atomic E-state index is 0.0672. The summed E-state index contributed by atoms with van der Waals surface area (Å²) in [5.41, 5.74) is 3.20.